The summed E-state index contributed by atoms with van der Waals surface area (Å²) in [5.41, 5.74) is 3.94. The molecule has 0 heterocycles. The maximum Gasteiger partial charge on any atom is 0.407 e. The first-order valence-electron chi connectivity index (χ1n) is 11.9. The van der Waals surface area contributed by atoms with E-state index < -0.39 is 23.4 Å². The molecular formula is C27H32N2O5. The average Bonchev–Trinajstić information content (AvgIpc) is 3.55. The molecule has 0 aromatic heterocycles. The molecule has 1 fully saturated rings. The minimum atomic E-state index is -0.907. The van der Waals surface area contributed by atoms with Crippen LogP contribution in [0.25, 0.3) is 11.1 Å². The predicted octanol–water partition coefficient (Wildman–Crippen LogP) is 4.17. The summed E-state index contributed by atoms with van der Waals surface area (Å²) in [6.45, 7) is 4.40. The fourth-order valence-corrected chi connectivity index (χ4v) is 4.77. The van der Waals surface area contributed by atoms with Gasteiger partial charge in [-0.2, -0.15) is 0 Å². The van der Waals surface area contributed by atoms with Crippen molar-refractivity contribution in [3.63, 3.8) is 0 Å². The average molecular weight is 465 g/mol. The molecular weight excluding hydrogens is 432 g/mol. The molecule has 2 aliphatic carbocycles. The first-order chi connectivity index (χ1) is 16.3. The zero-order valence-electron chi connectivity index (χ0n) is 19.7. The van der Waals surface area contributed by atoms with E-state index in [1.165, 1.54) is 0 Å². The number of alkyl carbamates (subject to hydrolysis) is 1. The summed E-state index contributed by atoms with van der Waals surface area (Å²) >= 11 is 0. The van der Waals surface area contributed by atoms with Crippen molar-refractivity contribution < 1.29 is 24.2 Å². The molecule has 2 amide bonds. The number of ether oxygens (including phenoxy) is 1. The van der Waals surface area contributed by atoms with Gasteiger partial charge in [-0.05, 0) is 47.4 Å². The number of nitrogens with one attached hydrogen (secondary N) is 2. The van der Waals surface area contributed by atoms with Crippen LogP contribution < -0.4 is 10.6 Å². The molecule has 0 aliphatic heterocycles. The summed E-state index contributed by atoms with van der Waals surface area (Å²) in [6, 6.07) is 16.3. The smallest absolute Gasteiger partial charge is 0.407 e. The van der Waals surface area contributed by atoms with Crippen LogP contribution in [0.1, 0.15) is 50.2 Å². The molecule has 1 unspecified atom stereocenters. The lowest BCUT2D eigenvalue weighted by molar-refractivity contribution is -0.142. The molecule has 2 aliphatic rings. The Labute approximate surface area is 199 Å². The molecule has 1 saturated carbocycles. The number of rotatable bonds is 10. The minimum absolute atomic E-state index is 0.0229. The van der Waals surface area contributed by atoms with Gasteiger partial charge in [0.05, 0.1) is 11.3 Å². The highest BCUT2D eigenvalue weighted by Gasteiger charge is 2.50. The summed E-state index contributed by atoms with van der Waals surface area (Å²) in [4.78, 5) is 36.6. The number of hydrogen-bond acceptors (Lipinski definition) is 4. The predicted molar refractivity (Wildman–Crippen MR) is 128 cm³/mol. The van der Waals surface area contributed by atoms with Gasteiger partial charge in [0.1, 0.15) is 6.61 Å². The number of benzene rings is 2. The minimum Gasteiger partial charge on any atom is -0.481 e. The Bertz CT molecular complexity index is 1030. The summed E-state index contributed by atoms with van der Waals surface area (Å²) in [5, 5.41) is 14.9. The van der Waals surface area contributed by atoms with Crippen LogP contribution in [0.5, 0.6) is 0 Å². The van der Waals surface area contributed by atoms with E-state index in [1.807, 2.05) is 38.1 Å². The Hall–Kier alpha value is -3.35. The van der Waals surface area contributed by atoms with Gasteiger partial charge in [-0.25, -0.2) is 4.79 Å². The van der Waals surface area contributed by atoms with E-state index in [4.69, 9.17) is 4.74 Å². The van der Waals surface area contributed by atoms with E-state index >= 15 is 0 Å². The number of hydrogen-bond donors (Lipinski definition) is 3. The summed E-state index contributed by atoms with van der Waals surface area (Å²) in [7, 11) is 0. The summed E-state index contributed by atoms with van der Waals surface area (Å²) in [6.07, 6.45) is 1.26. The molecule has 0 bridgehead atoms. The standard InChI is InChI=1S/C27H32N2O5/c1-17(2)13-18(24(30)31)14-28-25(32)27(11-12-27)16-29-26(33)34-15-23-21-9-5-3-7-19(21)20-8-4-6-10-22(20)23/h3-10,17-18,23H,11-16H2,1-2H3,(H,28,32)(H,29,33)(H,30,31). The largest absolute Gasteiger partial charge is 0.481 e. The summed E-state index contributed by atoms with van der Waals surface area (Å²) < 4.78 is 5.56. The highest BCUT2D eigenvalue weighted by molar-refractivity contribution is 5.86. The first-order valence-corrected chi connectivity index (χ1v) is 11.9. The van der Waals surface area contributed by atoms with Crippen LogP contribution in [0.15, 0.2) is 48.5 Å². The molecule has 2 aromatic carbocycles. The molecule has 180 valence electrons. The SMILES string of the molecule is CC(C)CC(CNC(=O)C1(CNC(=O)OCC2c3ccccc3-c3ccccc32)CC1)C(=O)O. The molecule has 4 rings (SSSR count). The molecule has 2 aromatic rings. The van der Waals surface area contributed by atoms with E-state index in [-0.39, 0.29) is 37.4 Å². The molecule has 0 radical (unpaired) electrons. The van der Waals surface area contributed by atoms with Gasteiger partial charge in [-0.3, -0.25) is 9.59 Å². The second-order valence-corrected chi connectivity index (χ2v) is 9.83. The van der Waals surface area contributed by atoms with E-state index in [9.17, 15) is 19.5 Å². The van der Waals surface area contributed by atoms with Gasteiger partial charge in [0, 0.05) is 19.0 Å². The van der Waals surface area contributed by atoms with Crippen molar-refractivity contribution >= 4 is 18.0 Å². The number of aliphatic carboxylic acids is 1. The molecule has 0 saturated heterocycles. The molecule has 7 heteroatoms. The van der Waals surface area contributed by atoms with Gasteiger partial charge in [-0.15, -0.1) is 0 Å². The molecule has 3 N–H and O–H groups in total. The zero-order chi connectivity index (χ0) is 24.3. The lowest BCUT2D eigenvalue weighted by atomic mass is 9.96. The third-order valence-corrected chi connectivity index (χ3v) is 6.86. The van der Waals surface area contributed by atoms with Crippen LogP contribution in [0.3, 0.4) is 0 Å². The third-order valence-electron chi connectivity index (χ3n) is 6.86. The quantitative estimate of drug-likeness (QED) is 0.490. The fourth-order valence-electron chi connectivity index (χ4n) is 4.77. The van der Waals surface area contributed by atoms with Crippen molar-refractivity contribution in [3.8, 4) is 11.1 Å². The summed E-state index contributed by atoms with van der Waals surface area (Å²) in [5.74, 6) is -1.53. The highest BCUT2D eigenvalue weighted by Crippen LogP contribution is 2.46. The van der Waals surface area contributed by atoms with Gasteiger partial charge in [0.25, 0.3) is 0 Å². The Morgan fingerprint density at radius 1 is 1.00 bits per heavy atom. The lowest BCUT2D eigenvalue weighted by Crippen LogP contribution is -2.43. The van der Waals surface area contributed by atoms with E-state index in [2.05, 4.69) is 34.9 Å². The lowest BCUT2D eigenvalue weighted by Gasteiger charge is -2.20. The monoisotopic (exact) mass is 464 g/mol. The number of carbonyl (C=O) groups excluding carboxylic acids is 2. The van der Waals surface area contributed by atoms with Gasteiger partial charge >= 0.3 is 12.1 Å². The fraction of sp³-hybridized carbons (Fsp3) is 0.444. The number of carbonyl (C=O) groups is 3. The Kier molecular flexibility index (Phi) is 6.91. The van der Waals surface area contributed by atoms with Crippen LogP contribution in [-0.4, -0.2) is 42.8 Å². The van der Waals surface area contributed by atoms with Crippen molar-refractivity contribution in [2.24, 2.45) is 17.3 Å². The van der Waals surface area contributed by atoms with E-state index in [1.54, 1.807) is 0 Å². The second kappa shape index (κ2) is 9.87. The van der Waals surface area contributed by atoms with Gasteiger partial charge in [0.15, 0.2) is 0 Å². The Morgan fingerprint density at radius 3 is 2.12 bits per heavy atom. The number of amides is 2. The Balaban J connectivity index is 1.28. The molecule has 1 atom stereocenters. The van der Waals surface area contributed by atoms with Crippen LogP contribution in [0.2, 0.25) is 0 Å². The van der Waals surface area contributed by atoms with Crippen molar-refractivity contribution in [2.45, 2.75) is 39.0 Å². The number of fused-ring (bicyclic) bond motifs is 3. The van der Waals surface area contributed by atoms with E-state index in [0.29, 0.717) is 19.3 Å². The Morgan fingerprint density at radius 2 is 1.59 bits per heavy atom. The van der Waals surface area contributed by atoms with Crippen LogP contribution in [0.4, 0.5) is 4.79 Å². The molecule has 0 spiro atoms. The molecule has 7 nitrogen and oxygen atoms in total. The first kappa shape index (κ1) is 23.8. The van der Waals surface area contributed by atoms with Gasteiger partial charge in [-0.1, -0.05) is 62.4 Å². The maximum absolute atomic E-state index is 12.7. The van der Waals surface area contributed by atoms with Crippen molar-refractivity contribution in [3.05, 3.63) is 59.7 Å². The second-order valence-electron chi connectivity index (χ2n) is 9.83. The van der Waals surface area contributed by atoms with Crippen LogP contribution >= 0.6 is 0 Å². The number of carboxylic acids is 1. The van der Waals surface area contributed by atoms with Crippen molar-refractivity contribution in [2.75, 3.05) is 19.7 Å². The molecule has 34 heavy (non-hydrogen) atoms. The zero-order valence-corrected chi connectivity index (χ0v) is 19.7. The number of carboxylic acid groups (broad SMARTS) is 1. The maximum atomic E-state index is 12.7. The van der Waals surface area contributed by atoms with E-state index in [0.717, 1.165) is 22.3 Å². The normalized spacial score (nSPS) is 16.3. The third kappa shape index (κ3) is 5.08. The highest BCUT2D eigenvalue weighted by atomic mass is 16.5. The topological polar surface area (TPSA) is 105 Å². The van der Waals surface area contributed by atoms with Gasteiger partial charge < -0.3 is 20.5 Å². The van der Waals surface area contributed by atoms with Gasteiger partial charge in [0.2, 0.25) is 5.91 Å². The van der Waals surface area contributed by atoms with Crippen LogP contribution in [0, 0.1) is 17.3 Å². The van der Waals surface area contributed by atoms with Crippen molar-refractivity contribution in [1.82, 2.24) is 10.6 Å². The van der Waals surface area contributed by atoms with Crippen LogP contribution in [-0.2, 0) is 14.3 Å². The van der Waals surface area contributed by atoms with Crippen molar-refractivity contribution in [1.29, 1.82) is 0 Å².